The second kappa shape index (κ2) is 15.4. The van der Waals surface area contributed by atoms with E-state index >= 15 is 0 Å². The van der Waals surface area contributed by atoms with Gasteiger partial charge in [-0.15, -0.1) is 0 Å². The van der Waals surface area contributed by atoms with E-state index < -0.39 is 73.6 Å². The SMILES string of the molecule is CCCOC(=O)/C(CCC)=C(\C#CCN(CCNC(=O)OC(C)(C)C)S(=O)(=O)c1ccccc1[N+](=O)[O-])C(F)(F)F. The van der Waals surface area contributed by atoms with Crippen molar-refractivity contribution < 1.29 is 45.6 Å². The second-order valence-corrected chi connectivity index (χ2v) is 11.4. The maximum atomic E-state index is 13.9. The highest BCUT2D eigenvalue weighted by molar-refractivity contribution is 7.89. The lowest BCUT2D eigenvalue weighted by Gasteiger charge is -2.22. The van der Waals surface area contributed by atoms with Crippen LogP contribution in [0.25, 0.3) is 0 Å². The number of allylic oxidation sites excluding steroid dienone is 1. The quantitative estimate of drug-likeness (QED) is 0.118. The molecule has 0 unspecified atom stereocenters. The minimum atomic E-state index is -5.05. The van der Waals surface area contributed by atoms with Crippen molar-refractivity contribution in [1.29, 1.82) is 0 Å². The Bertz CT molecular complexity index is 1290. The van der Waals surface area contributed by atoms with Gasteiger partial charge in [-0.2, -0.15) is 17.5 Å². The van der Waals surface area contributed by atoms with E-state index in [1.807, 2.05) is 5.92 Å². The van der Waals surface area contributed by atoms with E-state index in [2.05, 4.69) is 11.2 Å². The molecular formula is C26H34F3N3O8S. The van der Waals surface area contributed by atoms with E-state index in [-0.39, 0.29) is 26.0 Å². The highest BCUT2D eigenvalue weighted by Crippen LogP contribution is 2.30. The van der Waals surface area contributed by atoms with Gasteiger partial charge >= 0.3 is 18.2 Å². The van der Waals surface area contributed by atoms with E-state index in [0.29, 0.717) is 10.7 Å². The molecular weight excluding hydrogens is 571 g/mol. The maximum Gasteiger partial charge on any atom is 0.424 e. The van der Waals surface area contributed by atoms with Crippen LogP contribution in [0.5, 0.6) is 0 Å². The largest absolute Gasteiger partial charge is 0.462 e. The molecule has 1 aromatic carbocycles. The number of nitro groups is 1. The van der Waals surface area contributed by atoms with Crippen molar-refractivity contribution in [3.8, 4) is 11.8 Å². The van der Waals surface area contributed by atoms with Crippen molar-refractivity contribution in [2.24, 2.45) is 0 Å². The van der Waals surface area contributed by atoms with Gasteiger partial charge in [0, 0.05) is 19.2 Å². The minimum Gasteiger partial charge on any atom is -0.462 e. The molecule has 228 valence electrons. The van der Waals surface area contributed by atoms with Gasteiger partial charge in [0.2, 0.25) is 0 Å². The molecule has 0 bridgehead atoms. The molecule has 0 heterocycles. The third-order valence-corrected chi connectivity index (χ3v) is 6.84. The molecule has 0 aliphatic heterocycles. The summed E-state index contributed by atoms with van der Waals surface area (Å²) in [5.41, 5.74) is -3.79. The van der Waals surface area contributed by atoms with E-state index in [1.54, 1.807) is 34.6 Å². The lowest BCUT2D eigenvalue weighted by atomic mass is 10.0. The van der Waals surface area contributed by atoms with Crippen LogP contribution < -0.4 is 5.32 Å². The average molecular weight is 606 g/mol. The van der Waals surface area contributed by atoms with Crippen LogP contribution in [0.15, 0.2) is 40.3 Å². The Kier molecular flexibility index (Phi) is 13.3. The van der Waals surface area contributed by atoms with Gasteiger partial charge in [0.15, 0.2) is 4.90 Å². The number of halogens is 3. The van der Waals surface area contributed by atoms with E-state index in [1.165, 1.54) is 12.1 Å². The fraction of sp³-hybridized carbons (Fsp3) is 0.538. The van der Waals surface area contributed by atoms with Crippen LogP contribution in [0.1, 0.15) is 53.9 Å². The van der Waals surface area contributed by atoms with Crippen molar-refractivity contribution in [3.05, 3.63) is 45.5 Å². The van der Waals surface area contributed by atoms with Gasteiger partial charge in [-0.25, -0.2) is 18.0 Å². The molecule has 11 nitrogen and oxygen atoms in total. The summed E-state index contributed by atoms with van der Waals surface area (Å²) in [5.74, 6) is 2.84. The molecule has 0 fully saturated rings. The molecule has 0 atom stereocenters. The Balaban J connectivity index is 3.52. The van der Waals surface area contributed by atoms with E-state index in [9.17, 15) is 41.3 Å². The molecule has 1 N–H and O–H groups in total. The molecule has 0 saturated carbocycles. The number of para-hydroxylation sites is 1. The van der Waals surface area contributed by atoms with Crippen molar-refractivity contribution in [2.75, 3.05) is 26.2 Å². The van der Waals surface area contributed by atoms with Crippen LogP contribution in [0.2, 0.25) is 0 Å². The number of rotatable bonds is 12. The van der Waals surface area contributed by atoms with Gasteiger partial charge in [0.25, 0.3) is 15.7 Å². The van der Waals surface area contributed by atoms with Gasteiger partial charge in [-0.1, -0.05) is 44.2 Å². The molecule has 1 amide bonds. The van der Waals surface area contributed by atoms with Crippen molar-refractivity contribution in [2.45, 2.75) is 70.6 Å². The summed E-state index contributed by atoms with van der Waals surface area (Å²) < 4.78 is 79.1. The topological polar surface area (TPSA) is 145 Å². The van der Waals surface area contributed by atoms with Crippen LogP contribution >= 0.6 is 0 Å². The first kappa shape index (κ1) is 35.4. The van der Waals surface area contributed by atoms with Gasteiger partial charge in [0.05, 0.1) is 23.6 Å². The molecule has 15 heteroatoms. The standard InChI is InChI=1S/C26H34F3N3O8S/c1-6-11-19(23(33)39-18-7-2)20(26(27,28)29)12-10-16-31(17-15-30-24(34)40-25(3,4)5)41(37,38)22-14-9-8-13-21(22)32(35)36/h8-9,13-14H,6-7,11,15-18H2,1-5H3,(H,30,34)/b20-19+. The molecule has 41 heavy (non-hydrogen) atoms. The second-order valence-electron chi connectivity index (χ2n) is 9.53. The van der Waals surface area contributed by atoms with Crippen molar-refractivity contribution in [3.63, 3.8) is 0 Å². The zero-order chi connectivity index (χ0) is 31.4. The number of nitrogens with one attached hydrogen (secondary N) is 1. The monoisotopic (exact) mass is 605 g/mol. The Morgan fingerprint density at radius 1 is 1.12 bits per heavy atom. The number of amides is 1. The molecule has 0 aromatic heterocycles. The molecule has 0 spiro atoms. The number of nitrogens with zero attached hydrogens (tertiary/aromatic N) is 2. The first-order chi connectivity index (χ1) is 19.0. The minimum absolute atomic E-state index is 0.100. The van der Waals surface area contributed by atoms with Crippen molar-refractivity contribution >= 4 is 27.8 Å². The Morgan fingerprint density at radius 2 is 1.76 bits per heavy atom. The predicted molar refractivity (Wildman–Crippen MR) is 143 cm³/mol. The molecule has 1 rings (SSSR count). The fourth-order valence-corrected chi connectivity index (χ4v) is 4.74. The zero-order valence-electron chi connectivity index (χ0n) is 23.5. The fourth-order valence-electron chi connectivity index (χ4n) is 3.24. The lowest BCUT2D eigenvalue weighted by Crippen LogP contribution is -2.40. The number of ether oxygens (including phenoxy) is 2. The Hall–Kier alpha value is -3.64. The predicted octanol–water partition coefficient (Wildman–Crippen LogP) is 4.73. The number of carbonyl (C=O) groups excluding carboxylic acids is 2. The third-order valence-electron chi connectivity index (χ3n) is 4.95. The molecule has 0 aliphatic carbocycles. The number of sulfonamides is 1. The van der Waals surface area contributed by atoms with Gasteiger partial charge in [-0.05, 0) is 39.7 Å². The maximum absolute atomic E-state index is 13.9. The third kappa shape index (κ3) is 11.4. The van der Waals surface area contributed by atoms with E-state index in [4.69, 9.17) is 9.47 Å². The highest BCUT2D eigenvalue weighted by Gasteiger charge is 2.38. The number of alkyl halides is 3. The van der Waals surface area contributed by atoms with Crippen molar-refractivity contribution in [1.82, 2.24) is 9.62 Å². The summed E-state index contributed by atoms with van der Waals surface area (Å²) in [5, 5.41) is 13.8. The number of hydrogen-bond donors (Lipinski definition) is 1. The van der Waals surface area contributed by atoms with Crippen LogP contribution in [0.4, 0.5) is 23.7 Å². The zero-order valence-corrected chi connectivity index (χ0v) is 24.3. The summed E-state index contributed by atoms with van der Waals surface area (Å²) in [6.07, 6.45) is -5.67. The number of hydrogen-bond acceptors (Lipinski definition) is 8. The van der Waals surface area contributed by atoms with Crippen LogP contribution in [-0.4, -0.2) is 67.7 Å². The summed E-state index contributed by atoms with van der Waals surface area (Å²) in [6, 6.07) is 4.42. The number of benzene rings is 1. The molecule has 1 aromatic rings. The van der Waals surface area contributed by atoms with Gasteiger partial charge < -0.3 is 14.8 Å². The Labute approximate surface area is 237 Å². The number of nitro benzene ring substituents is 1. The lowest BCUT2D eigenvalue weighted by molar-refractivity contribution is -0.387. The van der Waals surface area contributed by atoms with Gasteiger partial charge in [0.1, 0.15) is 11.2 Å². The number of carbonyl (C=O) groups is 2. The average Bonchev–Trinajstić information content (AvgIpc) is 2.85. The molecule has 0 aliphatic rings. The van der Waals surface area contributed by atoms with E-state index in [0.717, 1.165) is 12.1 Å². The number of alkyl carbamates (subject to hydrolysis) is 1. The smallest absolute Gasteiger partial charge is 0.424 e. The highest BCUT2D eigenvalue weighted by atomic mass is 32.2. The summed E-state index contributed by atoms with van der Waals surface area (Å²) in [6.45, 7) is 6.21. The summed E-state index contributed by atoms with van der Waals surface area (Å²) in [7, 11) is -4.69. The first-order valence-electron chi connectivity index (χ1n) is 12.6. The normalized spacial score (nSPS) is 12.6. The van der Waals surface area contributed by atoms with Crippen LogP contribution in [0, 0.1) is 22.0 Å². The molecule has 0 radical (unpaired) electrons. The van der Waals surface area contributed by atoms with Gasteiger partial charge in [-0.3, -0.25) is 10.1 Å². The van der Waals surface area contributed by atoms with Crippen LogP contribution in [-0.2, 0) is 24.3 Å². The summed E-state index contributed by atoms with van der Waals surface area (Å²) >= 11 is 0. The first-order valence-corrected chi connectivity index (χ1v) is 14.1. The Morgan fingerprint density at radius 3 is 2.29 bits per heavy atom. The number of esters is 1. The molecule has 0 saturated heterocycles. The van der Waals surface area contributed by atoms with Crippen LogP contribution in [0.3, 0.4) is 0 Å². The summed E-state index contributed by atoms with van der Waals surface area (Å²) in [4.78, 5) is 34.2.